The van der Waals surface area contributed by atoms with Crippen LogP contribution in [0.5, 0.6) is 0 Å². The fraction of sp³-hybridized carbons (Fsp3) is 0.917. The summed E-state index contributed by atoms with van der Waals surface area (Å²) in [6.07, 6.45) is 0.0279. The Labute approximate surface area is 115 Å². The Morgan fingerprint density at radius 1 is 0.895 bits per heavy atom. The minimum Gasteiger partial charge on any atom is -0.481 e. The quantitative estimate of drug-likeness (QED) is 0.487. The highest BCUT2D eigenvalue weighted by Gasteiger charge is 1.96. The van der Waals surface area contributed by atoms with Crippen molar-refractivity contribution in [3.8, 4) is 0 Å². The molecule has 116 valence electrons. The third-order valence-electron chi connectivity index (χ3n) is 1.64. The minimum absolute atomic E-state index is 0.0279. The van der Waals surface area contributed by atoms with Crippen molar-refractivity contribution < 1.29 is 28.8 Å². The number of carboxylic acids is 1. The second kappa shape index (κ2) is 19.6. The molecule has 0 bridgehead atoms. The van der Waals surface area contributed by atoms with Gasteiger partial charge in [0.1, 0.15) is 0 Å². The molecule has 0 heterocycles. The highest BCUT2D eigenvalue weighted by molar-refractivity contribution is 5.66. The number of hydrogen-bond donors (Lipinski definition) is 2. The molecule has 0 aliphatic carbocycles. The van der Waals surface area contributed by atoms with Crippen molar-refractivity contribution in [2.24, 2.45) is 0 Å². The Kier molecular flexibility index (Phi) is 21.2. The van der Waals surface area contributed by atoms with Gasteiger partial charge in [-0.25, -0.2) is 0 Å². The summed E-state index contributed by atoms with van der Waals surface area (Å²) in [5.41, 5.74) is 0. The third kappa shape index (κ3) is 26.7. The summed E-state index contributed by atoms with van der Waals surface area (Å²) in [4.78, 5) is 10.1. The maximum Gasteiger partial charge on any atom is 0.305 e. The van der Waals surface area contributed by atoms with Crippen molar-refractivity contribution >= 4 is 5.97 Å². The van der Waals surface area contributed by atoms with E-state index in [4.69, 9.17) is 24.1 Å². The number of aliphatic carboxylic acids is 1. The number of ether oxygens (including phenoxy) is 4. The summed E-state index contributed by atoms with van der Waals surface area (Å²) in [6, 6.07) is 0. The summed E-state index contributed by atoms with van der Waals surface area (Å²) in [7, 11) is 5.37. The normalized spacial score (nSPS) is 9.84. The lowest BCUT2D eigenvalue weighted by Crippen LogP contribution is -2.12. The van der Waals surface area contributed by atoms with Crippen LogP contribution < -0.4 is 5.32 Å². The summed E-state index contributed by atoms with van der Waals surface area (Å²) >= 11 is 0. The number of carbonyl (C=O) groups is 1. The van der Waals surface area contributed by atoms with Gasteiger partial charge >= 0.3 is 5.97 Å². The molecule has 7 heteroatoms. The SMILES string of the molecule is CNC.COCCOCCOCCOCCC(=O)O. The van der Waals surface area contributed by atoms with Gasteiger partial charge in [0.25, 0.3) is 0 Å². The molecule has 0 aliphatic heterocycles. The van der Waals surface area contributed by atoms with E-state index >= 15 is 0 Å². The van der Waals surface area contributed by atoms with Gasteiger partial charge in [0, 0.05) is 7.11 Å². The van der Waals surface area contributed by atoms with E-state index in [1.807, 2.05) is 14.1 Å². The van der Waals surface area contributed by atoms with Gasteiger partial charge < -0.3 is 29.4 Å². The molecule has 19 heavy (non-hydrogen) atoms. The average Bonchev–Trinajstić information content (AvgIpc) is 2.36. The van der Waals surface area contributed by atoms with E-state index in [1.165, 1.54) is 0 Å². The van der Waals surface area contributed by atoms with Crippen LogP contribution in [0.4, 0.5) is 0 Å². The van der Waals surface area contributed by atoms with Crippen molar-refractivity contribution in [1.82, 2.24) is 5.32 Å². The maximum atomic E-state index is 10.1. The average molecular weight is 281 g/mol. The van der Waals surface area contributed by atoms with Gasteiger partial charge in [-0.3, -0.25) is 4.79 Å². The molecule has 0 aromatic rings. The van der Waals surface area contributed by atoms with Crippen LogP contribution in [0.25, 0.3) is 0 Å². The molecular formula is C12H27NO6. The maximum absolute atomic E-state index is 10.1. The zero-order valence-electron chi connectivity index (χ0n) is 12.1. The highest BCUT2D eigenvalue weighted by atomic mass is 16.6. The van der Waals surface area contributed by atoms with Crippen molar-refractivity contribution in [3.05, 3.63) is 0 Å². The zero-order valence-corrected chi connectivity index (χ0v) is 12.1. The number of methoxy groups -OCH3 is 1. The first-order valence-corrected chi connectivity index (χ1v) is 6.21. The summed E-state index contributed by atoms with van der Waals surface area (Å²) in [5, 5.41) is 11.1. The van der Waals surface area contributed by atoms with E-state index in [1.54, 1.807) is 7.11 Å². The van der Waals surface area contributed by atoms with Gasteiger partial charge in [0.2, 0.25) is 0 Å². The standard InChI is InChI=1S/C10H20O6.C2H7N/c1-13-4-5-15-8-9-16-7-6-14-3-2-10(11)12;1-3-2/h2-9H2,1H3,(H,11,12);3H,1-2H3. The van der Waals surface area contributed by atoms with Gasteiger partial charge in [-0.1, -0.05) is 0 Å². The van der Waals surface area contributed by atoms with Crippen LogP contribution in [-0.4, -0.2) is 78.5 Å². The first-order chi connectivity index (χ1) is 9.18. The van der Waals surface area contributed by atoms with E-state index in [2.05, 4.69) is 5.32 Å². The van der Waals surface area contributed by atoms with Crippen molar-refractivity contribution in [1.29, 1.82) is 0 Å². The Bertz CT molecular complexity index is 180. The minimum atomic E-state index is -0.854. The molecular weight excluding hydrogens is 254 g/mol. The van der Waals surface area contributed by atoms with Gasteiger partial charge in [0.05, 0.1) is 52.7 Å². The predicted octanol–water partition coefficient (Wildman–Crippen LogP) is -0.00710. The van der Waals surface area contributed by atoms with E-state index in [9.17, 15) is 4.79 Å². The van der Waals surface area contributed by atoms with E-state index in [-0.39, 0.29) is 13.0 Å². The molecule has 0 aromatic carbocycles. The topological polar surface area (TPSA) is 86.3 Å². The van der Waals surface area contributed by atoms with Gasteiger partial charge in [0.15, 0.2) is 0 Å². The van der Waals surface area contributed by atoms with E-state index in [0.717, 1.165) is 0 Å². The molecule has 0 saturated carbocycles. The molecule has 0 atom stereocenters. The molecule has 0 amide bonds. The molecule has 0 unspecified atom stereocenters. The van der Waals surface area contributed by atoms with E-state index in [0.29, 0.717) is 39.6 Å². The lowest BCUT2D eigenvalue weighted by molar-refractivity contribution is -0.138. The zero-order chi connectivity index (χ0) is 14.8. The first kappa shape index (κ1) is 20.6. The van der Waals surface area contributed by atoms with Gasteiger partial charge in [-0.2, -0.15) is 0 Å². The Balaban J connectivity index is 0. The lowest BCUT2D eigenvalue weighted by atomic mass is 10.5. The van der Waals surface area contributed by atoms with Crippen LogP contribution in [-0.2, 0) is 23.7 Å². The van der Waals surface area contributed by atoms with E-state index < -0.39 is 5.97 Å². The summed E-state index contributed by atoms with van der Waals surface area (Å²) in [6.45, 7) is 3.26. The van der Waals surface area contributed by atoms with Crippen LogP contribution in [0.3, 0.4) is 0 Å². The molecule has 0 saturated heterocycles. The van der Waals surface area contributed by atoms with Gasteiger partial charge in [-0.05, 0) is 14.1 Å². The number of nitrogens with one attached hydrogen (secondary N) is 1. The number of carboxylic acid groups (broad SMARTS) is 1. The van der Waals surface area contributed by atoms with Crippen LogP contribution in [0.1, 0.15) is 6.42 Å². The molecule has 0 rings (SSSR count). The number of rotatable bonds is 12. The second-order valence-corrected chi connectivity index (χ2v) is 3.47. The van der Waals surface area contributed by atoms with Crippen LogP contribution in [0.2, 0.25) is 0 Å². The summed E-state index contributed by atoms with van der Waals surface area (Å²) in [5.74, 6) is -0.854. The van der Waals surface area contributed by atoms with Crippen molar-refractivity contribution in [3.63, 3.8) is 0 Å². The van der Waals surface area contributed by atoms with Crippen LogP contribution in [0, 0.1) is 0 Å². The molecule has 0 aromatic heterocycles. The molecule has 7 nitrogen and oxygen atoms in total. The van der Waals surface area contributed by atoms with Gasteiger partial charge in [-0.15, -0.1) is 0 Å². The number of hydrogen-bond acceptors (Lipinski definition) is 6. The van der Waals surface area contributed by atoms with Crippen LogP contribution >= 0.6 is 0 Å². The monoisotopic (exact) mass is 281 g/mol. The third-order valence-corrected chi connectivity index (χ3v) is 1.64. The molecule has 0 radical (unpaired) electrons. The smallest absolute Gasteiger partial charge is 0.305 e. The molecule has 2 N–H and O–H groups in total. The molecule has 0 aliphatic rings. The Hall–Kier alpha value is -0.730. The highest BCUT2D eigenvalue weighted by Crippen LogP contribution is 1.84. The first-order valence-electron chi connectivity index (χ1n) is 6.21. The fourth-order valence-electron chi connectivity index (χ4n) is 0.844. The fourth-order valence-corrected chi connectivity index (χ4v) is 0.844. The van der Waals surface area contributed by atoms with Crippen LogP contribution in [0.15, 0.2) is 0 Å². The second-order valence-electron chi connectivity index (χ2n) is 3.47. The van der Waals surface area contributed by atoms with Crippen molar-refractivity contribution in [2.75, 3.05) is 67.5 Å². The lowest BCUT2D eigenvalue weighted by Gasteiger charge is -2.05. The molecule has 0 fully saturated rings. The Morgan fingerprint density at radius 3 is 1.63 bits per heavy atom. The predicted molar refractivity (Wildman–Crippen MR) is 71.6 cm³/mol. The Morgan fingerprint density at radius 2 is 1.26 bits per heavy atom. The summed E-state index contributed by atoms with van der Waals surface area (Å²) < 4.78 is 20.2. The molecule has 0 spiro atoms. The largest absolute Gasteiger partial charge is 0.481 e. The van der Waals surface area contributed by atoms with Crippen molar-refractivity contribution in [2.45, 2.75) is 6.42 Å².